The first-order chi connectivity index (χ1) is 13.1. The maximum absolute atomic E-state index is 12.8. The number of carbonyl (C=O) groups is 1. The maximum Gasteiger partial charge on any atom is 0.261 e. The van der Waals surface area contributed by atoms with Crippen LogP contribution in [0.1, 0.15) is 48.2 Å². The zero-order valence-electron chi connectivity index (χ0n) is 15.8. The highest BCUT2D eigenvalue weighted by Crippen LogP contribution is 2.33. The molecule has 1 amide bonds. The van der Waals surface area contributed by atoms with Gasteiger partial charge in [-0.2, -0.15) is 0 Å². The number of ether oxygens (including phenoxy) is 2. The van der Waals surface area contributed by atoms with Crippen LogP contribution in [0.5, 0.6) is 5.75 Å². The van der Waals surface area contributed by atoms with Gasteiger partial charge in [-0.25, -0.2) is 0 Å². The molecule has 1 fully saturated rings. The van der Waals surface area contributed by atoms with E-state index in [1.54, 1.807) is 18.9 Å². The lowest BCUT2D eigenvalue weighted by Gasteiger charge is -2.22. The third-order valence-electron chi connectivity index (χ3n) is 5.43. The molecule has 27 heavy (non-hydrogen) atoms. The Bertz CT molecular complexity index is 819. The van der Waals surface area contributed by atoms with E-state index in [1.165, 1.54) is 24.0 Å². The molecule has 144 valence electrons. The van der Waals surface area contributed by atoms with Crippen molar-refractivity contribution < 1.29 is 18.7 Å². The molecule has 2 aliphatic rings. The van der Waals surface area contributed by atoms with E-state index in [4.69, 9.17) is 13.9 Å². The molecule has 1 saturated heterocycles. The number of carbonyl (C=O) groups excluding carboxylic acids is 1. The van der Waals surface area contributed by atoms with Crippen molar-refractivity contribution >= 4 is 5.91 Å². The van der Waals surface area contributed by atoms with E-state index in [2.05, 4.69) is 22.3 Å². The second-order valence-electron chi connectivity index (χ2n) is 7.24. The summed E-state index contributed by atoms with van der Waals surface area (Å²) in [6.45, 7) is 2.22. The smallest absolute Gasteiger partial charge is 0.261 e. The van der Waals surface area contributed by atoms with Crippen LogP contribution in [0.25, 0.3) is 0 Å². The van der Waals surface area contributed by atoms with Gasteiger partial charge in [0.15, 0.2) is 6.61 Å². The predicted molar refractivity (Wildman–Crippen MR) is 97.5 cm³/mol. The average molecular weight is 371 g/mol. The zero-order valence-corrected chi connectivity index (χ0v) is 15.8. The van der Waals surface area contributed by atoms with Crippen LogP contribution in [0, 0.1) is 6.92 Å². The molecule has 0 unspecified atom stereocenters. The summed E-state index contributed by atoms with van der Waals surface area (Å²) in [4.78, 5) is 14.5. The fourth-order valence-electron chi connectivity index (χ4n) is 3.95. The fraction of sp³-hybridized carbons (Fsp3) is 0.550. The van der Waals surface area contributed by atoms with E-state index in [1.807, 2.05) is 6.07 Å². The second-order valence-corrected chi connectivity index (χ2v) is 7.24. The van der Waals surface area contributed by atoms with Gasteiger partial charge in [0.25, 0.3) is 5.91 Å². The lowest BCUT2D eigenvalue weighted by Crippen LogP contribution is -2.35. The van der Waals surface area contributed by atoms with Gasteiger partial charge < -0.3 is 18.8 Å². The number of likely N-dealkylation sites (tertiary alicyclic amines) is 1. The lowest BCUT2D eigenvalue weighted by molar-refractivity contribution is -0.135. The Hall–Kier alpha value is -2.41. The van der Waals surface area contributed by atoms with Gasteiger partial charge in [0.05, 0.1) is 6.10 Å². The Kier molecular flexibility index (Phi) is 5.11. The lowest BCUT2D eigenvalue weighted by atomic mass is 9.92. The molecule has 1 aliphatic heterocycles. The van der Waals surface area contributed by atoms with E-state index in [0.29, 0.717) is 24.7 Å². The third-order valence-corrected chi connectivity index (χ3v) is 5.43. The molecule has 0 radical (unpaired) electrons. The van der Waals surface area contributed by atoms with Gasteiger partial charge in [0.1, 0.15) is 11.8 Å². The number of amides is 1. The molecule has 0 spiro atoms. The summed E-state index contributed by atoms with van der Waals surface area (Å²) in [5.41, 5.74) is 2.74. The summed E-state index contributed by atoms with van der Waals surface area (Å²) in [6, 6.07) is 5.88. The van der Waals surface area contributed by atoms with Crippen LogP contribution >= 0.6 is 0 Å². The zero-order chi connectivity index (χ0) is 18.8. The largest absolute Gasteiger partial charge is 0.484 e. The molecule has 0 N–H and O–H groups in total. The molecule has 1 aromatic carbocycles. The molecule has 0 bridgehead atoms. The van der Waals surface area contributed by atoms with Crippen LogP contribution in [-0.4, -0.2) is 47.4 Å². The normalized spacial score (nSPS) is 21.9. The van der Waals surface area contributed by atoms with E-state index in [9.17, 15) is 4.79 Å². The van der Waals surface area contributed by atoms with Crippen molar-refractivity contribution in [3.8, 4) is 5.75 Å². The summed E-state index contributed by atoms with van der Waals surface area (Å²) in [7, 11) is 1.65. The van der Waals surface area contributed by atoms with Crippen molar-refractivity contribution in [2.45, 2.75) is 51.2 Å². The predicted octanol–water partition coefficient (Wildman–Crippen LogP) is 2.62. The molecular formula is C20H25N3O4. The molecule has 1 aromatic heterocycles. The highest BCUT2D eigenvalue weighted by molar-refractivity contribution is 5.78. The molecule has 2 atom stereocenters. The molecule has 2 aromatic rings. The highest BCUT2D eigenvalue weighted by Gasteiger charge is 2.39. The Balaban J connectivity index is 1.43. The van der Waals surface area contributed by atoms with Crippen LogP contribution in [0.15, 0.2) is 22.6 Å². The standard InChI is InChI=1S/C20H25N3O4/c1-13-21-22-20(27-13)18-10-17(25-2)11-23(18)19(24)12-26-16-8-7-14-5-3-4-6-15(14)9-16/h7-9,17-18H,3-6,10-12H2,1-2H3/t17-,18+/m0/s1. The molecule has 4 rings (SSSR count). The van der Waals surface area contributed by atoms with Crippen LogP contribution < -0.4 is 4.74 Å². The van der Waals surface area contributed by atoms with Gasteiger partial charge in [-0.1, -0.05) is 6.07 Å². The Morgan fingerprint density at radius 3 is 2.81 bits per heavy atom. The summed E-state index contributed by atoms with van der Waals surface area (Å²) in [5.74, 6) is 1.59. The van der Waals surface area contributed by atoms with Gasteiger partial charge in [0, 0.05) is 27.0 Å². The first-order valence-electron chi connectivity index (χ1n) is 9.51. The Morgan fingerprint density at radius 1 is 1.26 bits per heavy atom. The fourth-order valence-corrected chi connectivity index (χ4v) is 3.95. The number of aryl methyl sites for hydroxylation is 3. The quantitative estimate of drug-likeness (QED) is 0.804. The summed E-state index contributed by atoms with van der Waals surface area (Å²) in [6.07, 6.45) is 5.27. The van der Waals surface area contributed by atoms with Crippen molar-refractivity contribution in [3.63, 3.8) is 0 Å². The molecule has 7 heteroatoms. The summed E-state index contributed by atoms with van der Waals surface area (Å²) >= 11 is 0. The Labute approximate surface area is 158 Å². The van der Waals surface area contributed by atoms with Crippen molar-refractivity contribution in [3.05, 3.63) is 41.1 Å². The molecule has 7 nitrogen and oxygen atoms in total. The van der Waals surface area contributed by atoms with E-state index in [-0.39, 0.29) is 24.7 Å². The number of methoxy groups -OCH3 is 1. The monoisotopic (exact) mass is 371 g/mol. The number of aromatic nitrogens is 2. The van der Waals surface area contributed by atoms with Gasteiger partial charge in [-0.3, -0.25) is 4.79 Å². The van der Waals surface area contributed by atoms with E-state index >= 15 is 0 Å². The van der Waals surface area contributed by atoms with E-state index < -0.39 is 0 Å². The van der Waals surface area contributed by atoms with E-state index in [0.717, 1.165) is 18.6 Å². The number of hydrogen-bond acceptors (Lipinski definition) is 6. The van der Waals surface area contributed by atoms with Gasteiger partial charge in [0.2, 0.25) is 11.8 Å². The molecule has 2 heterocycles. The minimum Gasteiger partial charge on any atom is -0.484 e. The number of benzene rings is 1. The van der Waals surface area contributed by atoms with Crippen molar-refractivity contribution in [2.24, 2.45) is 0 Å². The minimum absolute atomic E-state index is 0.0150. The first-order valence-corrected chi connectivity index (χ1v) is 9.51. The topological polar surface area (TPSA) is 77.7 Å². The van der Waals surface area contributed by atoms with Crippen molar-refractivity contribution in [2.75, 3.05) is 20.3 Å². The van der Waals surface area contributed by atoms with Crippen LogP contribution in [-0.2, 0) is 22.4 Å². The molecule has 0 saturated carbocycles. The SMILES string of the molecule is CO[C@H]1C[C@H](c2nnc(C)o2)N(C(=O)COc2ccc3c(c2)CCCC3)C1. The number of rotatable bonds is 5. The minimum atomic E-state index is -0.268. The van der Waals surface area contributed by atoms with Gasteiger partial charge in [-0.05, 0) is 48.9 Å². The Morgan fingerprint density at radius 2 is 2.07 bits per heavy atom. The molecular weight excluding hydrogens is 346 g/mol. The molecule has 1 aliphatic carbocycles. The number of hydrogen-bond donors (Lipinski definition) is 0. The van der Waals surface area contributed by atoms with Gasteiger partial charge in [-0.15, -0.1) is 10.2 Å². The first kappa shape index (κ1) is 18.0. The van der Waals surface area contributed by atoms with Crippen LogP contribution in [0.3, 0.4) is 0 Å². The van der Waals surface area contributed by atoms with Crippen LogP contribution in [0.2, 0.25) is 0 Å². The van der Waals surface area contributed by atoms with Gasteiger partial charge >= 0.3 is 0 Å². The average Bonchev–Trinajstić information content (AvgIpc) is 3.32. The summed E-state index contributed by atoms with van der Waals surface area (Å²) < 4.78 is 16.8. The number of fused-ring (bicyclic) bond motifs is 1. The second kappa shape index (κ2) is 7.68. The van der Waals surface area contributed by atoms with Crippen LogP contribution in [0.4, 0.5) is 0 Å². The third kappa shape index (κ3) is 3.83. The number of nitrogens with zero attached hydrogens (tertiary/aromatic N) is 3. The van der Waals surface area contributed by atoms with Crippen molar-refractivity contribution in [1.82, 2.24) is 15.1 Å². The highest BCUT2D eigenvalue weighted by atomic mass is 16.5. The van der Waals surface area contributed by atoms with Crippen molar-refractivity contribution in [1.29, 1.82) is 0 Å². The maximum atomic E-state index is 12.8. The summed E-state index contributed by atoms with van der Waals surface area (Å²) in [5, 5.41) is 7.97.